The Morgan fingerprint density at radius 2 is 2.25 bits per heavy atom. The number of rotatable bonds is 6. The first-order valence-electron chi connectivity index (χ1n) is 8.12. The van der Waals surface area contributed by atoms with Crippen LogP contribution in [0.2, 0.25) is 0 Å². The Bertz CT molecular complexity index is 852. The molecular formula is C17H20IN5O. The van der Waals surface area contributed by atoms with Crippen molar-refractivity contribution < 1.29 is 4.74 Å². The summed E-state index contributed by atoms with van der Waals surface area (Å²) in [5, 5.41) is 9.17. The number of nitrogens with zero attached hydrogens (tertiary/aromatic N) is 4. The first-order valence-corrected chi connectivity index (χ1v) is 9.20. The van der Waals surface area contributed by atoms with Crippen LogP contribution >= 0.6 is 22.6 Å². The summed E-state index contributed by atoms with van der Waals surface area (Å²) in [7, 11) is 1.73. The van der Waals surface area contributed by atoms with Gasteiger partial charge in [-0.2, -0.15) is 5.10 Å². The van der Waals surface area contributed by atoms with Gasteiger partial charge < -0.3 is 14.6 Å². The predicted octanol–water partition coefficient (Wildman–Crippen LogP) is 2.37. The lowest BCUT2D eigenvalue weighted by atomic mass is 10.0. The van der Waals surface area contributed by atoms with Gasteiger partial charge in [0, 0.05) is 65.4 Å². The monoisotopic (exact) mass is 437 g/mol. The molecule has 7 heteroatoms. The third kappa shape index (κ3) is 3.07. The van der Waals surface area contributed by atoms with Crippen LogP contribution in [0.5, 0.6) is 0 Å². The van der Waals surface area contributed by atoms with E-state index in [0.717, 1.165) is 37.6 Å². The number of benzene rings is 1. The molecule has 4 rings (SSSR count). The molecule has 3 aromatic rings. The minimum Gasteiger partial charge on any atom is -0.383 e. The first-order chi connectivity index (χ1) is 11.7. The fourth-order valence-corrected chi connectivity index (χ4v) is 3.79. The van der Waals surface area contributed by atoms with Gasteiger partial charge in [-0.1, -0.05) is 0 Å². The van der Waals surface area contributed by atoms with Gasteiger partial charge in [0.05, 0.1) is 6.61 Å². The molecule has 1 saturated heterocycles. The molecule has 0 saturated carbocycles. The van der Waals surface area contributed by atoms with Crippen LogP contribution in [0.25, 0.3) is 22.3 Å². The average molecular weight is 437 g/mol. The summed E-state index contributed by atoms with van der Waals surface area (Å²) in [5.41, 5.74) is 2.29. The molecule has 0 unspecified atom stereocenters. The lowest BCUT2D eigenvalue weighted by Crippen LogP contribution is -2.44. The van der Waals surface area contributed by atoms with E-state index in [4.69, 9.17) is 4.74 Å². The van der Waals surface area contributed by atoms with Gasteiger partial charge >= 0.3 is 0 Å². The Labute approximate surface area is 154 Å². The van der Waals surface area contributed by atoms with Crippen molar-refractivity contribution in [3.63, 3.8) is 0 Å². The maximum absolute atomic E-state index is 5.19. The molecule has 2 aromatic heterocycles. The van der Waals surface area contributed by atoms with Gasteiger partial charge in [-0.05, 0) is 40.8 Å². The van der Waals surface area contributed by atoms with E-state index in [1.165, 1.54) is 14.5 Å². The van der Waals surface area contributed by atoms with E-state index in [9.17, 15) is 0 Å². The van der Waals surface area contributed by atoms with Crippen molar-refractivity contribution in [2.75, 3.05) is 26.8 Å². The number of methoxy groups -OCH3 is 1. The third-order valence-corrected chi connectivity index (χ3v) is 5.33. The summed E-state index contributed by atoms with van der Waals surface area (Å²) in [4.78, 5) is 4.49. The number of nitrogens with one attached hydrogen (secondary N) is 1. The summed E-state index contributed by atoms with van der Waals surface area (Å²) < 4.78 is 10.6. The van der Waals surface area contributed by atoms with E-state index < -0.39 is 0 Å². The van der Waals surface area contributed by atoms with Crippen LogP contribution in [0, 0.1) is 9.49 Å². The zero-order valence-electron chi connectivity index (χ0n) is 13.6. The molecule has 1 N–H and O–H groups in total. The number of ether oxygens (including phenoxy) is 1. The lowest BCUT2D eigenvalue weighted by Gasteiger charge is -2.26. The number of fused-ring (bicyclic) bond motifs is 1. The maximum Gasteiger partial charge on any atom is 0.181 e. The summed E-state index contributed by atoms with van der Waals surface area (Å²) >= 11 is 2.39. The summed E-state index contributed by atoms with van der Waals surface area (Å²) in [6, 6.07) is 6.44. The van der Waals surface area contributed by atoms with Crippen molar-refractivity contribution in [2.24, 2.45) is 5.92 Å². The normalized spacial score (nSPS) is 15.1. The molecule has 0 bridgehead atoms. The standard InChI is InChI=1S/C17H20IN5O/c1-24-5-4-22-10-15(18)14-6-13(2-3-16(14)22)17-20-11-23(21-17)9-12-7-19-8-12/h2-3,6,10-12,19H,4-5,7-9H2,1H3. The van der Waals surface area contributed by atoms with Gasteiger partial charge in [0.1, 0.15) is 6.33 Å². The molecule has 0 radical (unpaired) electrons. The fraction of sp³-hybridized carbons (Fsp3) is 0.412. The zero-order chi connectivity index (χ0) is 16.5. The van der Waals surface area contributed by atoms with E-state index in [2.05, 4.69) is 67.0 Å². The Kier molecular flexibility index (Phi) is 4.55. The van der Waals surface area contributed by atoms with E-state index in [0.29, 0.717) is 12.5 Å². The molecular weight excluding hydrogens is 417 g/mol. The molecule has 1 aromatic carbocycles. The Morgan fingerprint density at radius 3 is 3.00 bits per heavy atom. The van der Waals surface area contributed by atoms with Crippen LogP contribution in [0.15, 0.2) is 30.7 Å². The van der Waals surface area contributed by atoms with Gasteiger partial charge in [0.2, 0.25) is 0 Å². The topological polar surface area (TPSA) is 56.9 Å². The van der Waals surface area contributed by atoms with Crippen molar-refractivity contribution >= 4 is 33.5 Å². The van der Waals surface area contributed by atoms with Crippen molar-refractivity contribution in [1.82, 2.24) is 24.6 Å². The van der Waals surface area contributed by atoms with Crippen molar-refractivity contribution in [1.29, 1.82) is 0 Å². The van der Waals surface area contributed by atoms with Crippen LogP contribution in [0.3, 0.4) is 0 Å². The minimum absolute atomic E-state index is 0.679. The smallest absolute Gasteiger partial charge is 0.181 e. The van der Waals surface area contributed by atoms with E-state index >= 15 is 0 Å². The zero-order valence-corrected chi connectivity index (χ0v) is 15.7. The summed E-state index contributed by atoms with van der Waals surface area (Å²) in [6.45, 7) is 4.66. The van der Waals surface area contributed by atoms with Crippen LogP contribution in [0.4, 0.5) is 0 Å². The molecule has 24 heavy (non-hydrogen) atoms. The van der Waals surface area contributed by atoms with Crippen molar-refractivity contribution in [3.05, 3.63) is 34.3 Å². The highest BCUT2D eigenvalue weighted by atomic mass is 127. The molecule has 0 spiro atoms. The molecule has 0 amide bonds. The number of halogens is 1. The molecule has 1 fully saturated rings. The van der Waals surface area contributed by atoms with E-state index in [-0.39, 0.29) is 0 Å². The van der Waals surface area contributed by atoms with Crippen LogP contribution in [-0.4, -0.2) is 46.1 Å². The first kappa shape index (κ1) is 16.0. The molecule has 3 heterocycles. The third-order valence-electron chi connectivity index (χ3n) is 4.47. The Balaban J connectivity index is 1.61. The van der Waals surface area contributed by atoms with Crippen molar-refractivity contribution in [3.8, 4) is 11.4 Å². The van der Waals surface area contributed by atoms with E-state index in [1.54, 1.807) is 7.11 Å². The molecule has 1 aliphatic rings. The Morgan fingerprint density at radius 1 is 1.38 bits per heavy atom. The SMILES string of the molecule is COCCn1cc(I)c2cc(-c3ncn(CC4CNC4)n3)ccc21. The van der Waals surface area contributed by atoms with E-state index in [1.807, 2.05) is 11.0 Å². The summed E-state index contributed by atoms with van der Waals surface area (Å²) in [6.07, 6.45) is 4.01. The van der Waals surface area contributed by atoms with Gasteiger partial charge in [0.15, 0.2) is 5.82 Å². The molecule has 0 aliphatic carbocycles. The highest BCUT2D eigenvalue weighted by Crippen LogP contribution is 2.27. The second kappa shape index (κ2) is 6.81. The predicted molar refractivity (Wildman–Crippen MR) is 102 cm³/mol. The lowest BCUT2D eigenvalue weighted by molar-refractivity contribution is 0.188. The molecule has 0 atom stereocenters. The summed E-state index contributed by atoms with van der Waals surface area (Å²) in [5.74, 6) is 1.47. The second-order valence-electron chi connectivity index (χ2n) is 6.21. The Hall–Kier alpha value is -1.45. The minimum atomic E-state index is 0.679. The van der Waals surface area contributed by atoms with Gasteiger partial charge in [-0.3, -0.25) is 4.68 Å². The number of aromatic nitrogens is 4. The van der Waals surface area contributed by atoms with Crippen molar-refractivity contribution in [2.45, 2.75) is 13.1 Å². The van der Waals surface area contributed by atoms with Gasteiger partial charge in [-0.15, -0.1) is 0 Å². The second-order valence-corrected chi connectivity index (χ2v) is 7.37. The number of hydrogen-bond acceptors (Lipinski definition) is 4. The maximum atomic E-state index is 5.19. The molecule has 126 valence electrons. The van der Waals surface area contributed by atoms with Gasteiger partial charge in [-0.25, -0.2) is 4.98 Å². The van der Waals surface area contributed by atoms with Crippen LogP contribution in [0.1, 0.15) is 0 Å². The largest absolute Gasteiger partial charge is 0.383 e. The molecule has 1 aliphatic heterocycles. The fourth-order valence-electron chi connectivity index (χ4n) is 3.02. The average Bonchev–Trinajstić information content (AvgIpc) is 3.14. The highest BCUT2D eigenvalue weighted by Gasteiger charge is 2.18. The molecule has 6 nitrogen and oxygen atoms in total. The number of hydrogen-bond donors (Lipinski definition) is 1. The van der Waals surface area contributed by atoms with Crippen LogP contribution in [-0.2, 0) is 17.8 Å². The quantitative estimate of drug-likeness (QED) is 0.602. The highest BCUT2D eigenvalue weighted by molar-refractivity contribution is 14.1. The van der Waals surface area contributed by atoms with Gasteiger partial charge in [0.25, 0.3) is 0 Å². The van der Waals surface area contributed by atoms with Crippen LogP contribution < -0.4 is 5.32 Å².